The monoisotopic (exact) mass is 294 g/mol. The number of thioether (sulfide) groups is 1. The highest BCUT2D eigenvalue weighted by atomic mass is 32.2. The lowest BCUT2D eigenvalue weighted by Crippen LogP contribution is -2.47. The average Bonchev–Trinajstić information content (AvgIpc) is 2.46. The minimum Gasteiger partial charge on any atom is -0.381 e. The summed E-state index contributed by atoms with van der Waals surface area (Å²) in [6.45, 7) is 0. The van der Waals surface area contributed by atoms with Crippen LogP contribution in [-0.2, 0) is 10.3 Å². The number of nitrogens with zero attached hydrogens (tertiary/aromatic N) is 1. The summed E-state index contributed by atoms with van der Waals surface area (Å²) in [4.78, 5) is 4.70. The Morgan fingerprint density at radius 3 is 2.95 bits per heavy atom. The fraction of sp³-hybridized carbons (Fsp3) is 0.533. The van der Waals surface area contributed by atoms with E-state index >= 15 is 0 Å². The third kappa shape index (κ3) is 2.23. The zero-order chi connectivity index (χ0) is 14.2. The first-order valence-corrected chi connectivity index (χ1v) is 7.90. The number of ether oxygens (including phenoxy) is 1. The number of aliphatic imine (C=N–C) groups is 1. The SMILES string of the molecule is COC1CCC2CSC(N)=NC2(c2ccccc2F)C1. The van der Waals surface area contributed by atoms with Gasteiger partial charge in [-0.2, -0.15) is 0 Å². The molecule has 3 atom stereocenters. The van der Waals surface area contributed by atoms with Crippen LogP contribution in [0.1, 0.15) is 24.8 Å². The first kappa shape index (κ1) is 13.9. The molecule has 1 aromatic carbocycles. The van der Waals surface area contributed by atoms with E-state index in [-0.39, 0.29) is 11.9 Å². The van der Waals surface area contributed by atoms with E-state index in [2.05, 4.69) is 0 Å². The number of benzene rings is 1. The molecule has 20 heavy (non-hydrogen) atoms. The first-order chi connectivity index (χ1) is 9.65. The molecule has 3 rings (SSSR count). The number of amidine groups is 1. The van der Waals surface area contributed by atoms with Gasteiger partial charge in [0.25, 0.3) is 0 Å². The fourth-order valence-electron chi connectivity index (χ4n) is 3.42. The predicted octanol–water partition coefficient (Wildman–Crippen LogP) is 2.90. The number of fused-ring (bicyclic) bond motifs is 1. The Bertz CT molecular complexity index is 536. The van der Waals surface area contributed by atoms with E-state index in [1.165, 1.54) is 6.07 Å². The van der Waals surface area contributed by atoms with Gasteiger partial charge in [0.1, 0.15) is 5.82 Å². The maximum absolute atomic E-state index is 14.3. The molecular weight excluding hydrogens is 275 g/mol. The van der Waals surface area contributed by atoms with Gasteiger partial charge in [-0.25, -0.2) is 4.39 Å². The van der Waals surface area contributed by atoms with E-state index < -0.39 is 5.54 Å². The predicted molar refractivity (Wildman–Crippen MR) is 80.3 cm³/mol. The molecule has 3 nitrogen and oxygen atoms in total. The molecule has 5 heteroatoms. The maximum atomic E-state index is 14.3. The summed E-state index contributed by atoms with van der Waals surface area (Å²) in [7, 11) is 1.71. The standard InChI is InChI=1S/C15H19FN2OS/c1-19-11-7-6-10-9-20-14(17)18-15(10,8-11)12-4-2-3-5-13(12)16/h2-5,10-11H,6-9H2,1H3,(H2,17,18). The van der Waals surface area contributed by atoms with Crippen molar-refractivity contribution in [3.8, 4) is 0 Å². The smallest absolute Gasteiger partial charge is 0.154 e. The summed E-state index contributed by atoms with van der Waals surface area (Å²) in [5, 5.41) is 0.557. The van der Waals surface area contributed by atoms with Crippen LogP contribution in [0.5, 0.6) is 0 Å². The summed E-state index contributed by atoms with van der Waals surface area (Å²) in [5.74, 6) is 1.03. The van der Waals surface area contributed by atoms with Crippen molar-refractivity contribution >= 4 is 16.9 Å². The topological polar surface area (TPSA) is 47.6 Å². The number of methoxy groups -OCH3 is 1. The quantitative estimate of drug-likeness (QED) is 0.912. The average molecular weight is 294 g/mol. The zero-order valence-corrected chi connectivity index (χ0v) is 12.3. The van der Waals surface area contributed by atoms with Gasteiger partial charge >= 0.3 is 0 Å². The van der Waals surface area contributed by atoms with Gasteiger partial charge in [0.2, 0.25) is 0 Å². The molecule has 0 amide bonds. The van der Waals surface area contributed by atoms with Crippen LogP contribution in [0.2, 0.25) is 0 Å². The Labute approximate surface area is 122 Å². The van der Waals surface area contributed by atoms with Crippen molar-refractivity contribution in [3.05, 3.63) is 35.6 Å². The summed E-state index contributed by atoms with van der Waals surface area (Å²) in [5.41, 5.74) is 6.06. The lowest BCUT2D eigenvalue weighted by molar-refractivity contribution is 0.0193. The number of hydrogen-bond donors (Lipinski definition) is 1. The molecule has 3 unspecified atom stereocenters. The number of hydrogen-bond acceptors (Lipinski definition) is 4. The summed E-state index contributed by atoms with van der Waals surface area (Å²) in [6, 6.07) is 6.93. The first-order valence-electron chi connectivity index (χ1n) is 6.91. The minimum absolute atomic E-state index is 0.116. The van der Waals surface area contributed by atoms with Gasteiger partial charge in [0.15, 0.2) is 5.17 Å². The summed E-state index contributed by atoms with van der Waals surface area (Å²) < 4.78 is 19.9. The third-order valence-electron chi connectivity index (χ3n) is 4.47. The van der Waals surface area contributed by atoms with Crippen LogP contribution >= 0.6 is 11.8 Å². The van der Waals surface area contributed by atoms with Crippen molar-refractivity contribution in [2.45, 2.75) is 30.9 Å². The maximum Gasteiger partial charge on any atom is 0.154 e. The number of halogens is 1. The molecule has 108 valence electrons. The summed E-state index contributed by atoms with van der Waals surface area (Å²) >= 11 is 1.58. The van der Waals surface area contributed by atoms with E-state index in [9.17, 15) is 4.39 Å². The third-order valence-corrected chi connectivity index (χ3v) is 5.42. The van der Waals surface area contributed by atoms with Gasteiger partial charge in [-0.15, -0.1) is 0 Å². The molecule has 1 fully saturated rings. The van der Waals surface area contributed by atoms with Gasteiger partial charge in [-0.3, -0.25) is 4.99 Å². The second-order valence-corrected chi connectivity index (χ2v) is 6.54. The van der Waals surface area contributed by atoms with E-state index in [1.54, 1.807) is 24.9 Å². The molecule has 0 radical (unpaired) electrons. The normalized spacial score (nSPS) is 33.4. The largest absolute Gasteiger partial charge is 0.381 e. The zero-order valence-electron chi connectivity index (χ0n) is 11.5. The van der Waals surface area contributed by atoms with Gasteiger partial charge < -0.3 is 10.5 Å². The van der Waals surface area contributed by atoms with Crippen molar-refractivity contribution in [2.24, 2.45) is 16.6 Å². The molecule has 1 aliphatic carbocycles. The van der Waals surface area contributed by atoms with Gasteiger partial charge in [0.05, 0.1) is 11.6 Å². The van der Waals surface area contributed by atoms with Crippen molar-refractivity contribution in [3.63, 3.8) is 0 Å². The molecule has 0 spiro atoms. The molecule has 1 heterocycles. The lowest BCUT2D eigenvalue weighted by atomic mass is 9.68. The van der Waals surface area contributed by atoms with Crippen LogP contribution in [0.3, 0.4) is 0 Å². The molecule has 1 saturated carbocycles. The minimum atomic E-state index is -0.556. The van der Waals surface area contributed by atoms with Crippen LogP contribution in [0, 0.1) is 11.7 Å². The Balaban J connectivity index is 2.11. The Hall–Kier alpha value is -1.07. The molecule has 1 aromatic rings. The molecular formula is C15H19FN2OS. The number of rotatable bonds is 2. The van der Waals surface area contributed by atoms with Crippen molar-refractivity contribution < 1.29 is 9.13 Å². The molecule has 0 saturated heterocycles. The number of nitrogens with two attached hydrogens (primary N) is 1. The Morgan fingerprint density at radius 1 is 1.40 bits per heavy atom. The highest BCUT2D eigenvalue weighted by molar-refractivity contribution is 8.13. The lowest BCUT2D eigenvalue weighted by Gasteiger charge is -2.46. The second kappa shape index (κ2) is 5.37. The van der Waals surface area contributed by atoms with Crippen LogP contribution in [0.4, 0.5) is 4.39 Å². The van der Waals surface area contributed by atoms with E-state index in [0.717, 1.165) is 18.6 Å². The second-order valence-electron chi connectivity index (χ2n) is 5.50. The molecule has 2 N–H and O–H groups in total. The van der Waals surface area contributed by atoms with Crippen molar-refractivity contribution in [1.82, 2.24) is 0 Å². The fourth-order valence-corrected chi connectivity index (χ4v) is 4.46. The van der Waals surface area contributed by atoms with Crippen LogP contribution in [0.25, 0.3) is 0 Å². The Kier molecular flexibility index (Phi) is 3.73. The molecule has 0 bridgehead atoms. The van der Waals surface area contributed by atoms with E-state index in [0.29, 0.717) is 23.1 Å². The van der Waals surface area contributed by atoms with Gasteiger partial charge in [-0.1, -0.05) is 30.0 Å². The van der Waals surface area contributed by atoms with E-state index in [1.807, 2.05) is 12.1 Å². The molecule has 2 aliphatic rings. The van der Waals surface area contributed by atoms with Gasteiger partial charge in [0, 0.05) is 24.8 Å². The summed E-state index contributed by atoms with van der Waals surface area (Å²) in [6.07, 6.45) is 2.82. The van der Waals surface area contributed by atoms with Crippen molar-refractivity contribution in [2.75, 3.05) is 12.9 Å². The molecule has 0 aromatic heterocycles. The Morgan fingerprint density at radius 2 is 2.20 bits per heavy atom. The highest BCUT2D eigenvalue weighted by Gasteiger charge is 2.48. The van der Waals surface area contributed by atoms with Crippen LogP contribution in [0.15, 0.2) is 29.3 Å². The van der Waals surface area contributed by atoms with Gasteiger partial charge in [-0.05, 0) is 24.8 Å². The molecule has 1 aliphatic heterocycles. The van der Waals surface area contributed by atoms with Crippen LogP contribution < -0.4 is 5.73 Å². The van der Waals surface area contributed by atoms with Crippen molar-refractivity contribution in [1.29, 1.82) is 0 Å². The van der Waals surface area contributed by atoms with E-state index in [4.69, 9.17) is 15.5 Å². The highest BCUT2D eigenvalue weighted by Crippen LogP contribution is 2.50. The van der Waals surface area contributed by atoms with Crippen LogP contribution in [-0.4, -0.2) is 24.1 Å².